The highest BCUT2D eigenvalue weighted by molar-refractivity contribution is 6.28. The normalized spacial score (nSPS) is 20.2. The van der Waals surface area contributed by atoms with Crippen molar-refractivity contribution in [3.63, 3.8) is 0 Å². The van der Waals surface area contributed by atoms with E-state index in [9.17, 15) is 0 Å². The molecule has 1 unspecified atom stereocenters. The maximum absolute atomic E-state index is 5.71. The average Bonchev–Trinajstić information content (AvgIpc) is 2.28. The van der Waals surface area contributed by atoms with Crippen LogP contribution in [0.1, 0.15) is 18.5 Å². The lowest BCUT2D eigenvalue weighted by molar-refractivity contribution is 0.0236. The second-order valence-corrected chi connectivity index (χ2v) is 3.93. The first-order chi connectivity index (χ1) is 7.34. The highest BCUT2D eigenvalue weighted by Gasteiger charge is 2.13. The monoisotopic (exact) mass is 263 g/mol. The number of nitrogens with one attached hydrogen (secondary N) is 1. The quantitative estimate of drug-likeness (QED) is 0.846. The van der Waals surface area contributed by atoms with Gasteiger partial charge < -0.3 is 10.1 Å². The molecule has 90 valence electrons. The molecule has 1 aromatic heterocycles. The SMILES string of the molecule is Cl.Clc1nccc(COC2CCCNC2)n1. The van der Waals surface area contributed by atoms with E-state index in [4.69, 9.17) is 16.3 Å². The van der Waals surface area contributed by atoms with Gasteiger partial charge >= 0.3 is 0 Å². The van der Waals surface area contributed by atoms with Gasteiger partial charge in [-0.2, -0.15) is 0 Å². The number of hydrogen-bond acceptors (Lipinski definition) is 4. The molecule has 1 saturated heterocycles. The Morgan fingerprint density at radius 2 is 2.44 bits per heavy atom. The standard InChI is InChI=1S/C10H14ClN3O.ClH/c11-10-13-5-3-8(14-10)7-15-9-2-1-4-12-6-9;/h3,5,9,12H,1-2,4,6-7H2;1H. The molecule has 1 aromatic rings. The molecule has 0 amide bonds. The Morgan fingerprint density at radius 1 is 1.56 bits per heavy atom. The number of rotatable bonds is 3. The fraction of sp³-hybridized carbons (Fsp3) is 0.600. The number of halogens is 2. The van der Waals surface area contributed by atoms with Crippen molar-refractivity contribution in [3.8, 4) is 0 Å². The van der Waals surface area contributed by atoms with Gasteiger partial charge in [0.25, 0.3) is 0 Å². The van der Waals surface area contributed by atoms with Crippen LogP contribution >= 0.6 is 24.0 Å². The minimum Gasteiger partial charge on any atom is -0.371 e. The van der Waals surface area contributed by atoms with Gasteiger partial charge in [0.2, 0.25) is 5.28 Å². The molecule has 0 aliphatic carbocycles. The van der Waals surface area contributed by atoms with E-state index in [1.165, 1.54) is 6.42 Å². The summed E-state index contributed by atoms with van der Waals surface area (Å²) in [6.45, 7) is 2.53. The number of piperidine rings is 1. The minimum absolute atomic E-state index is 0. The summed E-state index contributed by atoms with van der Waals surface area (Å²) in [7, 11) is 0. The third-order valence-electron chi connectivity index (χ3n) is 2.40. The Hall–Kier alpha value is -0.420. The van der Waals surface area contributed by atoms with E-state index in [1.54, 1.807) is 6.20 Å². The summed E-state index contributed by atoms with van der Waals surface area (Å²) < 4.78 is 5.71. The Labute approximate surface area is 106 Å². The van der Waals surface area contributed by atoms with Gasteiger partial charge in [0, 0.05) is 12.7 Å². The van der Waals surface area contributed by atoms with Crippen LogP contribution < -0.4 is 5.32 Å². The molecule has 1 aliphatic rings. The predicted octanol–water partition coefficient (Wildman–Crippen LogP) is 1.82. The van der Waals surface area contributed by atoms with E-state index in [0.717, 1.165) is 25.2 Å². The summed E-state index contributed by atoms with van der Waals surface area (Å²) in [6, 6.07) is 1.82. The van der Waals surface area contributed by atoms with Crippen molar-refractivity contribution in [1.29, 1.82) is 0 Å². The van der Waals surface area contributed by atoms with Gasteiger partial charge in [-0.3, -0.25) is 0 Å². The molecule has 2 rings (SSSR count). The lowest BCUT2D eigenvalue weighted by Crippen LogP contribution is -2.35. The first-order valence-corrected chi connectivity index (χ1v) is 5.52. The molecule has 16 heavy (non-hydrogen) atoms. The third-order valence-corrected chi connectivity index (χ3v) is 2.58. The van der Waals surface area contributed by atoms with Crippen LogP contribution in [0.15, 0.2) is 12.3 Å². The van der Waals surface area contributed by atoms with E-state index >= 15 is 0 Å². The van der Waals surface area contributed by atoms with Crippen molar-refractivity contribution in [2.45, 2.75) is 25.6 Å². The fourth-order valence-electron chi connectivity index (χ4n) is 1.62. The van der Waals surface area contributed by atoms with Crippen LogP contribution in [0.4, 0.5) is 0 Å². The van der Waals surface area contributed by atoms with Crippen LogP contribution in [0.3, 0.4) is 0 Å². The maximum atomic E-state index is 5.71. The van der Waals surface area contributed by atoms with E-state index in [2.05, 4.69) is 15.3 Å². The summed E-state index contributed by atoms with van der Waals surface area (Å²) in [5, 5.41) is 3.57. The van der Waals surface area contributed by atoms with Crippen LogP contribution in [0.5, 0.6) is 0 Å². The van der Waals surface area contributed by atoms with Crippen LogP contribution in [0.2, 0.25) is 5.28 Å². The Kier molecular flexibility index (Phi) is 5.98. The molecule has 1 N–H and O–H groups in total. The highest BCUT2D eigenvalue weighted by atomic mass is 35.5. The van der Waals surface area contributed by atoms with Crippen LogP contribution in [-0.4, -0.2) is 29.2 Å². The molecule has 4 nitrogen and oxygen atoms in total. The van der Waals surface area contributed by atoms with Crippen molar-refractivity contribution in [2.75, 3.05) is 13.1 Å². The molecule has 1 fully saturated rings. The van der Waals surface area contributed by atoms with Gasteiger partial charge in [-0.05, 0) is 37.1 Å². The largest absolute Gasteiger partial charge is 0.371 e. The molecule has 1 atom stereocenters. The van der Waals surface area contributed by atoms with Crippen molar-refractivity contribution < 1.29 is 4.74 Å². The lowest BCUT2D eigenvalue weighted by atomic mass is 10.1. The summed E-state index contributed by atoms with van der Waals surface area (Å²) in [5.74, 6) is 0. The molecule has 0 aromatic carbocycles. The zero-order valence-corrected chi connectivity index (χ0v) is 10.4. The van der Waals surface area contributed by atoms with E-state index in [-0.39, 0.29) is 17.7 Å². The van der Waals surface area contributed by atoms with Gasteiger partial charge in [-0.1, -0.05) is 0 Å². The Morgan fingerprint density at radius 3 is 3.12 bits per heavy atom. The zero-order valence-electron chi connectivity index (χ0n) is 8.86. The van der Waals surface area contributed by atoms with Crippen molar-refractivity contribution in [3.05, 3.63) is 23.2 Å². The third kappa shape index (κ3) is 4.22. The molecular weight excluding hydrogens is 249 g/mol. The van der Waals surface area contributed by atoms with Gasteiger partial charge in [0.15, 0.2) is 0 Å². The Bertz CT molecular complexity index is 319. The molecule has 0 saturated carbocycles. The van der Waals surface area contributed by atoms with Crippen molar-refractivity contribution in [2.24, 2.45) is 0 Å². The van der Waals surface area contributed by atoms with Crippen molar-refractivity contribution >= 4 is 24.0 Å². The van der Waals surface area contributed by atoms with E-state index in [1.807, 2.05) is 6.07 Å². The van der Waals surface area contributed by atoms with E-state index < -0.39 is 0 Å². The van der Waals surface area contributed by atoms with Crippen LogP contribution in [-0.2, 0) is 11.3 Å². The molecule has 0 bridgehead atoms. The first-order valence-electron chi connectivity index (χ1n) is 5.14. The topological polar surface area (TPSA) is 47.0 Å². The second kappa shape index (κ2) is 7.01. The van der Waals surface area contributed by atoms with Crippen molar-refractivity contribution in [1.82, 2.24) is 15.3 Å². The summed E-state index contributed by atoms with van der Waals surface area (Å²) in [4.78, 5) is 7.89. The molecule has 6 heteroatoms. The molecular formula is C10H15Cl2N3O. The molecule has 1 aliphatic heterocycles. The average molecular weight is 264 g/mol. The molecule has 2 heterocycles. The summed E-state index contributed by atoms with van der Waals surface area (Å²) in [6.07, 6.45) is 4.24. The van der Waals surface area contributed by atoms with E-state index in [0.29, 0.717) is 12.7 Å². The predicted molar refractivity (Wildman–Crippen MR) is 65.0 cm³/mol. The fourth-order valence-corrected chi connectivity index (χ4v) is 1.78. The number of ether oxygens (including phenoxy) is 1. The first kappa shape index (κ1) is 13.6. The zero-order chi connectivity index (χ0) is 10.5. The highest BCUT2D eigenvalue weighted by Crippen LogP contribution is 2.09. The minimum atomic E-state index is 0. The molecule has 0 radical (unpaired) electrons. The van der Waals surface area contributed by atoms with Gasteiger partial charge in [0.05, 0.1) is 18.4 Å². The number of hydrogen-bond donors (Lipinski definition) is 1. The summed E-state index contributed by atoms with van der Waals surface area (Å²) in [5.41, 5.74) is 0.834. The van der Waals surface area contributed by atoms with Gasteiger partial charge in [0.1, 0.15) is 0 Å². The molecule has 0 spiro atoms. The number of nitrogens with zero attached hydrogens (tertiary/aromatic N) is 2. The maximum Gasteiger partial charge on any atom is 0.222 e. The van der Waals surface area contributed by atoms with Gasteiger partial charge in [-0.25, -0.2) is 9.97 Å². The van der Waals surface area contributed by atoms with Gasteiger partial charge in [-0.15, -0.1) is 12.4 Å². The lowest BCUT2D eigenvalue weighted by Gasteiger charge is -2.22. The van der Waals surface area contributed by atoms with Crippen LogP contribution in [0, 0.1) is 0 Å². The second-order valence-electron chi connectivity index (χ2n) is 3.60. The van der Waals surface area contributed by atoms with Crippen LogP contribution in [0.25, 0.3) is 0 Å². The summed E-state index contributed by atoms with van der Waals surface area (Å²) >= 11 is 5.68. The smallest absolute Gasteiger partial charge is 0.222 e. The number of aromatic nitrogens is 2. The Balaban J connectivity index is 0.00000128.